The molecule has 0 unspecified atom stereocenters. The second kappa shape index (κ2) is 12.3. The van der Waals surface area contributed by atoms with Crippen molar-refractivity contribution < 1.29 is 19.2 Å². The minimum absolute atomic E-state index is 0.252. The summed E-state index contributed by atoms with van der Waals surface area (Å²) in [6.45, 7) is 3.63. The van der Waals surface area contributed by atoms with Crippen LogP contribution in [0.25, 0.3) is 0 Å². The number of nitrogens with zero attached hydrogens (tertiary/aromatic N) is 4. The number of oxime groups is 1. The zero-order valence-corrected chi connectivity index (χ0v) is 15.2. The SMILES string of the molecule is CCOC(=O)N(C)SN(C)C(=O)ON=C(C)SSCCC#N. The molecule has 8 nitrogen and oxygen atoms in total. The second-order valence-electron chi connectivity index (χ2n) is 3.56. The fraction of sp³-hybridized carbons (Fsp3) is 0.636. The summed E-state index contributed by atoms with van der Waals surface area (Å²) in [5, 5.41) is 12.6. The minimum Gasteiger partial charge on any atom is -0.449 e. The maximum Gasteiger partial charge on any atom is 0.447 e. The van der Waals surface area contributed by atoms with E-state index in [4.69, 9.17) is 14.8 Å². The Morgan fingerprint density at radius 2 is 1.91 bits per heavy atom. The van der Waals surface area contributed by atoms with Crippen molar-refractivity contribution in [2.75, 3.05) is 26.5 Å². The molecule has 0 N–H and O–H groups in total. The Labute approximate surface area is 142 Å². The molecule has 2 amide bonds. The van der Waals surface area contributed by atoms with Gasteiger partial charge in [0.2, 0.25) is 0 Å². The summed E-state index contributed by atoms with van der Waals surface area (Å²) in [4.78, 5) is 27.8. The van der Waals surface area contributed by atoms with Crippen LogP contribution in [-0.4, -0.2) is 52.3 Å². The molecule has 11 heteroatoms. The summed E-state index contributed by atoms with van der Waals surface area (Å²) in [5.41, 5.74) is 0. The molecule has 0 saturated carbocycles. The summed E-state index contributed by atoms with van der Waals surface area (Å²) in [7, 11) is 5.70. The van der Waals surface area contributed by atoms with Gasteiger partial charge in [-0.2, -0.15) is 5.26 Å². The van der Waals surface area contributed by atoms with E-state index in [-0.39, 0.29) is 6.61 Å². The lowest BCUT2D eigenvalue weighted by Gasteiger charge is -2.20. The molecule has 0 aliphatic rings. The predicted molar refractivity (Wildman–Crippen MR) is 90.0 cm³/mol. The van der Waals surface area contributed by atoms with Crippen molar-refractivity contribution in [3.05, 3.63) is 0 Å². The van der Waals surface area contributed by atoms with Crippen LogP contribution in [0.5, 0.6) is 0 Å². The number of ether oxygens (including phenoxy) is 1. The number of rotatable bonds is 7. The van der Waals surface area contributed by atoms with Gasteiger partial charge in [-0.05, 0) is 24.6 Å². The first kappa shape index (κ1) is 20.8. The quantitative estimate of drug-likeness (QED) is 0.129. The smallest absolute Gasteiger partial charge is 0.447 e. The highest BCUT2D eigenvalue weighted by Gasteiger charge is 2.18. The summed E-state index contributed by atoms with van der Waals surface area (Å²) < 4.78 is 7.05. The lowest BCUT2D eigenvalue weighted by Crippen LogP contribution is -2.29. The average molecular weight is 366 g/mol. The first-order valence-corrected chi connectivity index (χ1v) is 9.21. The first-order chi connectivity index (χ1) is 10.4. The molecule has 0 spiro atoms. The zero-order valence-electron chi connectivity index (χ0n) is 12.8. The fourth-order valence-corrected chi connectivity index (χ4v) is 3.04. The normalized spacial score (nSPS) is 10.6. The van der Waals surface area contributed by atoms with E-state index < -0.39 is 12.2 Å². The molecule has 0 heterocycles. The van der Waals surface area contributed by atoms with Gasteiger partial charge in [0.15, 0.2) is 0 Å². The van der Waals surface area contributed by atoms with Gasteiger partial charge < -0.3 is 4.74 Å². The number of carbonyl (C=O) groups excluding carboxylic acids is 2. The molecular weight excluding hydrogens is 348 g/mol. The summed E-state index contributed by atoms with van der Waals surface area (Å²) in [5.74, 6) is 0.669. The average Bonchev–Trinajstić information content (AvgIpc) is 2.49. The van der Waals surface area contributed by atoms with E-state index in [1.807, 2.05) is 6.07 Å². The monoisotopic (exact) mass is 366 g/mol. The number of hydrogen-bond acceptors (Lipinski definition) is 9. The van der Waals surface area contributed by atoms with E-state index in [9.17, 15) is 9.59 Å². The van der Waals surface area contributed by atoms with Gasteiger partial charge in [0.05, 0.1) is 24.8 Å². The van der Waals surface area contributed by atoms with Crippen molar-refractivity contribution in [2.24, 2.45) is 5.16 Å². The highest BCUT2D eigenvalue weighted by molar-refractivity contribution is 8.82. The van der Waals surface area contributed by atoms with Crippen molar-refractivity contribution in [1.29, 1.82) is 5.26 Å². The van der Waals surface area contributed by atoms with Gasteiger partial charge in [-0.15, -0.1) is 0 Å². The van der Waals surface area contributed by atoms with Crippen molar-refractivity contribution in [3.8, 4) is 6.07 Å². The Morgan fingerprint density at radius 3 is 2.50 bits per heavy atom. The van der Waals surface area contributed by atoms with E-state index in [0.717, 1.165) is 20.7 Å². The highest BCUT2D eigenvalue weighted by Crippen LogP contribution is 2.23. The van der Waals surface area contributed by atoms with Gasteiger partial charge >= 0.3 is 12.2 Å². The second-order valence-corrected chi connectivity index (χ2v) is 7.42. The topological polar surface area (TPSA) is 95.2 Å². The maximum atomic E-state index is 11.7. The Kier molecular flexibility index (Phi) is 11.6. The van der Waals surface area contributed by atoms with Crippen LogP contribution >= 0.6 is 33.7 Å². The highest BCUT2D eigenvalue weighted by atomic mass is 33.1. The molecule has 0 aliphatic heterocycles. The van der Waals surface area contributed by atoms with Gasteiger partial charge in [0, 0.05) is 26.3 Å². The number of amides is 2. The zero-order chi connectivity index (χ0) is 17.0. The standard InChI is InChI=1S/C11H18N4O4S3/c1-5-18-10(16)14(3)22-15(4)11(17)19-13-9(2)21-20-8-6-7-12/h5-6,8H2,1-4H3. The van der Waals surface area contributed by atoms with E-state index in [1.54, 1.807) is 13.8 Å². The number of hydrogen-bond donors (Lipinski definition) is 0. The van der Waals surface area contributed by atoms with Crippen LogP contribution in [0.15, 0.2) is 5.16 Å². The van der Waals surface area contributed by atoms with Crippen LogP contribution in [0.2, 0.25) is 0 Å². The molecule has 0 aliphatic carbocycles. The lowest BCUT2D eigenvalue weighted by atomic mass is 10.6. The molecule has 0 aromatic rings. The third kappa shape index (κ3) is 9.64. The van der Waals surface area contributed by atoms with Crippen LogP contribution in [0.3, 0.4) is 0 Å². The maximum absolute atomic E-state index is 11.7. The van der Waals surface area contributed by atoms with Crippen molar-refractivity contribution in [2.45, 2.75) is 20.3 Å². The predicted octanol–water partition coefficient (Wildman–Crippen LogP) is 3.33. The molecule has 0 fully saturated rings. The number of nitriles is 1. The van der Waals surface area contributed by atoms with Gasteiger partial charge in [-0.25, -0.2) is 18.2 Å². The molecule has 0 radical (unpaired) electrons. The number of carbonyl (C=O) groups is 2. The van der Waals surface area contributed by atoms with E-state index in [0.29, 0.717) is 17.2 Å². The third-order valence-corrected chi connectivity index (χ3v) is 4.93. The minimum atomic E-state index is -0.719. The third-order valence-electron chi connectivity index (χ3n) is 1.76. The van der Waals surface area contributed by atoms with E-state index in [1.165, 1.54) is 35.7 Å². The molecule has 0 atom stereocenters. The lowest BCUT2D eigenvalue weighted by molar-refractivity contribution is 0.132. The first-order valence-electron chi connectivity index (χ1n) is 6.16. The van der Waals surface area contributed by atoms with Crippen LogP contribution in [0.1, 0.15) is 20.3 Å². The summed E-state index contributed by atoms with van der Waals surface area (Å²) in [6, 6.07) is 2.03. The fourth-order valence-electron chi connectivity index (χ4n) is 0.855. The molecule has 22 heavy (non-hydrogen) atoms. The Hall–Kier alpha value is -1.25. The van der Waals surface area contributed by atoms with E-state index >= 15 is 0 Å². The van der Waals surface area contributed by atoms with Crippen LogP contribution < -0.4 is 0 Å². The van der Waals surface area contributed by atoms with Crippen LogP contribution in [0.4, 0.5) is 9.59 Å². The Bertz CT molecular complexity index is 442. The van der Waals surface area contributed by atoms with E-state index in [2.05, 4.69) is 5.16 Å². The molecule has 0 bridgehead atoms. The Balaban J connectivity index is 4.14. The van der Waals surface area contributed by atoms with Gasteiger partial charge in [-0.3, -0.25) is 4.84 Å². The molecular formula is C11H18N4O4S3. The molecule has 0 aromatic carbocycles. The van der Waals surface area contributed by atoms with Gasteiger partial charge in [0.25, 0.3) is 0 Å². The molecule has 0 aromatic heterocycles. The largest absolute Gasteiger partial charge is 0.449 e. The Morgan fingerprint density at radius 1 is 1.27 bits per heavy atom. The van der Waals surface area contributed by atoms with Gasteiger partial charge in [-0.1, -0.05) is 15.9 Å². The molecule has 124 valence electrons. The van der Waals surface area contributed by atoms with Gasteiger partial charge in [0.1, 0.15) is 5.04 Å². The summed E-state index contributed by atoms with van der Waals surface area (Å²) in [6.07, 6.45) is -0.830. The van der Waals surface area contributed by atoms with Crippen LogP contribution in [0, 0.1) is 11.3 Å². The van der Waals surface area contributed by atoms with Crippen molar-refractivity contribution in [3.63, 3.8) is 0 Å². The van der Waals surface area contributed by atoms with Crippen LogP contribution in [-0.2, 0) is 9.57 Å². The van der Waals surface area contributed by atoms with Crippen molar-refractivity contribution >= 4 is 51.0 Å². The van der Waals surface area contributed by atoms with Crippen molar-refractivity contribution in [1.82, 2.24) is 8.61 Å². The summed E-state index contributed by atoms with van der Waals surface area (Å²) >= 11 is 0.832. The molecule has 0 saturated heterocycles. The molecule has 0 rings (SSSR count).